The van der Waals surface area contributed by atoms with Crippen LogP contribution < -0.4 is 5.43 Å². The van der Waals surface area contributed by atoms with Crippen LogP contribution >= 0.6 is 46.1 Å². The summed E-state index contributed by atoms with van der Waals surface area (Å²) in [4.78, 5) is 12.7. The molecule has 4 nitrogen and oxygen atoms in total. The second-order valence-electron chi connectivity index (χ2n) is 5.00. The summed E-state index contributed by atoms with van der Waals surface area (Å²) in [5, 5.41) is 6.99. The number of benzene rings is 1. The summed E-state index contributed by atoms with van der Waals surface area (Å²) >= 11 is 19.6. The third-order valence-electron chi connectivity index (χ3n) is 3.20. The maximum absolute atomic E-state index is 11.7. The van der Waals surface area contributed by atoms with Gasteiger partial charge in [0, 0.05) is 10.4 Å². The van der Waals surface area contributed by atoms with E-state index in [4.69, 9.17) is 39.2 Å². The SMILES string of the molecule is O=C(Cc1cccs1)NN=Cc1ccc(-c2cc(Cl)c(Cl)cc2Cl)o1. The fourth-order valence-corrected chi connectivity index (χ4v) is 3.40. The number of furan rings is 1. The Morgan fingerprint density at radius 1 is 1.16 bits per heavy atom. The first kappa shape index (κ1) is 18.0. The van der Waals surface area contributed by atoms with Gasteiger partial charge in [0.05, 0.1) is 27.7 Å². The lowest BCUT2D eigenvalue weighted by Crippen LogP contribution is -2.19. The number of thiophene rings is 1. The number of nitrogens with one attached hydrogen (secondary N) is 1. The molecule has 1 N–H and O–H groups in total. The van der Waals surface area contributed by atoms with E-state index in [-0.39, 0.29) is 12.3 Å². The smallest absolute Gasteiger partial charge is 0.245 e. The maximum Gasteiger partial charge on any atom is 0.245 e. The molecule has 25 heavy (non-hydrogen) atoms. The minimum atomic E-state index is -0.196. The zero-order chi connectivity index (χ0) is 17.8. The summed E-state index contributed by atoms with van der Waals surface area (Å²) in [6.45, 7) is 0. The molecule has 0 saturated heterocycles. The summed E-state index contributed by atoms with van der Waals surface area (Å²) < 4.78 is 5.65. The molecule has 128 valence electrons. The van der Waals surface area contributed by atoms with E-state index in [0.29, 0.717) is 32.2 Å². The fourth-order valence-electron chi connectivity index (χ4n) is 2.06. The molecule has 1 amide bonds. The zero-order valence-electron chi connectivity index (χ0n) is 12.6. The molecular weight excluding hydrogens is 403 g/mol. The number of hydrogen-bond acceptors (Lipinski definition) is 4. The molecule has 0 bridgehead atoms. The van der Waals surface area contributed by atoms with Crippen LogP contribution in [-0.4, -0.2) is 12.1 Å². The van der Waals surface area contributed by atoms with Gasteiger partial charge in [0.2, 0.25) is 5.91 Å². The molecule has 0 spiro atoms. The van der Waals surface area contributed by atoms with Crippen LogP contribution in [0.15, 0.2) is 51.3 Å². The van der Waals surface area contributed by atoms with Gasteiger partial charge >= 0.3 is 0 Å². The van der Waals surface area contributed by atoms with Crippen molar-refractivity contribution >= 4 is 58.3 Å². The van der Waals surface area contributed by atoms with Crippen LogP contribution in [0.1, 0.15) is 10.6 Å². The Morgan fingerprint density at radius 2 is 1.96 bits per heavy atom. The molecule has 0 fully saturated rings. The Morgan fingerprint density at radius 3 is 2.72 bits per heavy atom. The van der Waals surface area contributed by atoms with Gasteiger partial charge in [-0.15, -0.1) is 11.3 Å². The highest BCUT2D eigenvalue weighted by molar-refractivity contribution is 7.10. The van der Waals surface area contributed by atoms with Crippen molar-refractivity contribution in [1.82, 2.24) is 5.43 Å². The number of hydrogen-bond donors (Lipinski definition) is 1. The number of nitrogens with zero attached hydrogens (tertiary/aromatic N) is 1. The molecule has 0 aliphatic heterocycles. The van der Waals surface area contributed by atoms with Crippen molar-refractivity contribution in [2.24, 2.45) is 5.10 Å². The van der Waals surface area contributed by atoms with Gasteiger partial charge in [-0.1, -0.05) is 40.9 Å². The standard InChI is InChI=1S/C17H11Cl3N2O2S/c18-13-8-15(20)14(19)7-12(13)16-4-3-10(24-16)9-21-22-17(23)6-11-2-1-5-25-11/h1-5,7-9H,6H2,(H,22,23). The van der Waals surface area contributed by atoms with Crippen LogP contribution in [0.3, 0.4) is 0 Å². The highest BCUT2D eigenvalue weighted by Gasteiger charge is 2.11. The van der Waals surface area contributed by atoms with Gasteiger partial charge in [-0.25, -0.2) is 5.43 Å². The van der Waals surface area contributed by atoms with Crippen molar-refractivity contribution in [3.63, 3.8) is 0 Å². The van der Waals surface area contributed by atoms with E-state index in [0.717, 1.165) is 4.88 Å². The molecular formula is C17H11Cl3N2O2S. The monoisotopic (exact) mass is 412 g/mol. The van der Waals surface area contributed by atoms with Crippen LogP contribution in [0.25, 0.3) is 11.3 Å². The first-order valence-corrected chi connectivity index (χ1v) is 9.13. The highest BCUT2D eigenvalue weighted by atomic mass is 35.5. The van der Waals surface area contributed by atoms with Crippen LogP contribution in [0.5, 0.6) is 0 Å². The largest absolute Gasteiger partial charge is 0.455 e. The minimum Gasteiger partial charge on any atom is -0.455 e. The molecule has 0 aliphatic rings. The van der Waals surface area contributed by atoms with Crippen LogP contribution in [-0.2, 0) is 11.2 Å². The quantitative estimate of drug-likeness (QED) is 0.333. The summed E-state index contributed by atoms with van der Waals surface area (Å²) in [5.41, 5.74) is 3.08. The van der Waals surface area contributed by atoms with Gasteiger partial charge in [-0.3, -0.25) is 4.79 Å². The van der Waals surface area contributed by atoms with Gasteiger partial charge in [0.1, 0.15) is 11.5 Å². The third kappa shape index (κ3) is 4.64. The first-order chi connectivity index (χ1) is 12.0. The average Bonchev–Trinajstić information content (AvgIpc) is 3.23. The normalized spacial score (nSPS) is 11.2. The Hall–Kier alpha value is -1.79. The van der Waals surface area contributed by atoms with Crippen molar-refractivity contribution in [3.05, 3.63) is 67.5 Å². The molecule has 0 unspecified atom stereocenters. The summed E-state index contributed by atoms with van der Waals surface area (Å²) in [7, 11) is 0. The van der Waals surface area contributed by atoms with E-state index in [1.165, 1.54) is 17.6 Å². The zero-order valence-corrected chi connectivity index (χ0v) is 15.7. The highest BCUT2D eigenvalue weighted by Crippen LogP contribution is 2.35. The molecule has 2 heterocycles. The number of carbonyl (C=O) groups is 1. The molecule has 0 saturated carbocycles. The minimum absolute atomic E-state index is 0.196. The topological polar surface area (TPSA) is 54.6 Å². The van der Waals surface area contributed by atoms with Crippen LogP contribution in [0.4, 0.5) is 0 Å². The second kappa shape index (κ2) is 8.06. The number of carbonyl (C=O) groups excluding carboxylic acids is 1. The molecule has 3 aromatic rings. The molecule has 0 radical (unpaired) electrons. The number of rotatable bonds is 5. The Kier molecular flexibility index (Phi) is 5.81. The summed E-state index contributed by atoms with van der Waals surface area (Å²) in [6, 6.07) is 10.4. The van der Waals surface area contributed by atoms with E-state index >= 15 is 0 Å². The van der Waals surface area contributed by atoms with E-state index in [2.05, 4.69) is 10.5 Å². The van der Waals surface area contributed by atoms with Crippen molar-refractivity contribution in [1.29, 1.82) is 0 Å². The Labute approximate surface area is 163 Å². The fraction of sp³-hybridized carbons (Fsp3) is 0.0588. The van der Waals surface area contributed by atoms with E-state index in [9.17, 15) is 4.79 Å². The van der Waals surface area contributed by atoms with E-state index in [1.807, 2.05) is 17.5 Å². The number of hydrazone groups is 1. The van der Waals surface area contributed by atoms with Gasteiger partial charge in [0.15, 0.2) is 0 Å². The number of amides is 1. The van der Waals surface area contributed by atoms with Crippen molar-refractivity contribution in [2.75, 3.05) is 0 Å². The predicted octanol–water partition coefficient (Wildman–Crippen LogP) is 5.66. The first-order valence-electron chi connectivity index (χ1n) is 7.12. The van der Waals surface area contributed by atoms with Gasteiger partial charge < -0.3 is 4.42 Å². The predicted molar refractivity (Wildman–Crippen MR) is 103 cm³/mol. The van der Waals surface area contributed by atoms with E-state index < -0.39 is 0 Å². The molecule has 2 aromatic heterocycles. The lowest BCUT2D eigenvalue weighted by molar-refractivity contribution is -0.120. The lowest BCUT2D eigenvalue weighted by atomic mass is 10.2. The number of halogens is 3. The van der Waals surface area contributed by atoms with Gasteiger partial charge in [-0.05, 0) is 35.7 Å². The molecule has 8 heteroatoms. The Balaban J connectivity index is 1.65. The molecule has 3 rings (SSSR count). The third-order valence-corrected chi connectivity index (χ3v) is 5.11. The summed E-state index contributed by atoms with van der Waals surface area (Å²) in [5.74, 6) is 0.793. The van der Waals surface area contributed by atoms with Crippen LogP contribution in [0, 0.1) is 0 Å². The lowest BCUT2D eigenvalue weighted by Gasteiger charge is -2.03. The second-order valence-corrected chi connectivity index (χ2v) is 7.25. The molecule has 1 aromatic carbocycles. The molecule has 0 aliphatic carbocycles. The van der Waals surface area contributed by atoms with E-state index in [1.54, 1.807) is 24.3 Å². The summed E-state index contributed by atoms with van der Waals surface area (Å²) in [6.07, 6.45) is 1.71. The average molecular weight is 414 g/mol. The maximum atomic E-state index is 11.7. The van der Waals surface area contributed by atoms with Crippen LogP contribution in [0.2, 0.25) is 15.1 Å². The van der Waals surface area contributed by atoms with Gasteiger partial charge in [0.25, 0.3) is 0 Å². The van der Waals surface area contributed by atoms with Gasteiger partial charge in [-0.2, -0.15) is 5.10 Å². The van der Waals surface area contributed by atoms with Crippen molar-refractivity contribution < 1.29 is 9.21 Å². The van der Waals surface area contributed by atoms with Crippen molar-refractivity contribution in [2.45, 2.75) is 6.42 Å². The molecule has 0 atom stereocenters. The Bertz CT molecular complexity index is 920. The van der Waals surface area contributed by atoms with Crippen molar-refractivity contribution in [3.8, 4) is 11.3 Å².